The second kappa shape index (κ2) is 6.83. The summed E-state index contributed by atoms with van der Waals surface area (Å²) in [5, 5.41) is 2.45. The molecule has 1 heterocycles. The van der Waals surface area contributed by atoms with Crippen molar-refractivity contribution in [1.29, 1.82) is 0 Å². The third kappa shape index (κ3) is 3.11. The Morgan fingerprint density at radius 3 is 2.14 bits per heavy atom. The Morgan fingerprint density at radius 2 is 1.52 bits per heavy atom. The highest BCUT2D eigenvalue weighted by Gasteiger charge is 2.39. The largest absolute Gasteiger partial charge is 0.294 e. The van der Waals surface area contributed by atoms with E-state index >= 15 is 0 Å². The molecule has 3 rings (SSSR count). The molecule has 3 heteroatoms. The van der Waals surface area contributed by atoms with Gasteiger partial charge in [0, 0.05) is 5.54 Å². The summed E-state index contributed by atoms with van der Waals surface area (Å²) in [7, 11) is 0. The maximum Gasteiger partial charge on any atom is 0.0739 e. The van der Waals surface area contributed by atoms with Crippen LogP contribution in [-0.4, -0.2) is 23.2 Å². The minimum atomic E-state index is 0.276. The van der Waals surface area contributed by atoms with Crippen molar-refractivity contribution in [3.05, 3.63) is 29.8 Å². The van der Waals surface area contributed by atoms with Crippen LogP contribution < -0.4 is 0 Å². The topological polar surface area (TPSA) is 15.6 Å². The van der Waals surface area contributed by atoms with Gasteiger partial charge in [0.25, 0.3) is 0 Å². The van der Waals surface area contributed by atoms with Crippen molar-refractivity contribution < 1.29 is 0 Å². The van der Waals surface area contributed by atoms with Crippen molar-refractivity contribution in [2.45, 2.75) is 56.9 Å². The van der Waals surface area contributed by atoms with E-state index in [1.807, 2.05) is 0 Å². The fraction of sp³-hybridized carbons (Fsp3) is 0.611. The first-order valence-electron chi connectivity index (χ1n) is 8.29. The number of isothiocyanates is 1. The van der Waals surface area contributed by atoms with E-state index in [9.17, 15) is 0 Å². The van der Waals surface area contributed by atoms with Gasteiger partial charge < -0.3 is 0 Å². The molecule has 2 aliphatic rings. The molecule has 0 atom stereocenters. The summed E-state index contributed by atoms with van der Waals surface area (Å²) in [6, 6.07) is 8.72. The first kappa shape index (κ1) is 14.9. The second-order valence-electron chi connectivity index (χ2n) is 6.39. The molecule has 0 unspecified atom stereocenters. The molecule has 0 N–H and O–H groups in total. The molecule has 1 aromatic rings. The molecule has 1 saturated heterocycles. The van der Waals surface area contributed by atoms with Crippen LogP contribution in [-0.2, 0) is 5.54 Å². The molecule has 0 amide bonds. The lowest BCUT2D eigenvalue weighted by Gasteiger charge is -2.48. The quantitative estimate of drug-likeness (QED) is 0.572. The number of aliphatic imine (C=N–C) groups is 1. The maximum absolute atomic E-state index is 4.69. The predicted molar refractivity (Wildman–Crippen MR) is 91.3 cm³/mol. The molecule has 21 heavy (non-hydrogen) atoms. The van der Waals surface area contributed by atoms with Gasteiger partial charge in [0.1, 0.15) is 0 Å². The Labute approximate surface area is 133 Å². The molecule has 0 radical (unpaired) electrons. The molecule has 0 aromatic heterocycles. The van der Waals surface area contributed by atoms with Gasteiger partial charge in [0.05, 0.1) is 10.8 Å². The molecule has 1 aliphatic carbocycles. The summed E-state index contributed by atoms with van der Waals surface area (Å²) in [6.07, 6.45) is 10.8. The van der Waals surface area contributed by atoms with E-state index in [4.69, 9.17) is 12.2 Å². The van der Waals surface area contributed by atoms with Crippen molar-refractivity contribution in [1.82, 2.24) is 4.90 Å². The Balaban J connectivity index is 1.92. The van der Waals surface area contributed by atoms with Crippen molar-refractivity contribution >= 4 is 23.1 Å². The first-order chi connectivity index (χ1) is 10.3. The van der Waals surface area contributed by atoms with Crippen molar-refractivity contribution in [2.24, 2.45) is 4.99 Å². The Bertz CT molecular complexity index is 505. The minimum absolute atomic E-state index is 0.276. The van der Waals surface area contributed by atoms with Gasteiger partial charge >= 0.3 is 0 Å². The standard InChI is InChI=1S/C18H24N2S/c21-15-19-17-9-7-16(8-10-17)18(11-3-1-4-12-18)20-13-5-2-6-14-20/h7-10H,1-6,11-14H2. The highest BCUT2D eigenvalue weighted by Crippen LogP contribution is 2.43. The normalized spacial score (nSPS) is 22.5. The number of rotatable bonds is 3. The van der Waals surface area contributed by atoms with E-state index in [1.54, 1.807) is 0 Å². The number of hydrogen-bond acceptors (Lipinski definition) is 3. The van der Waals surface area contributed by atoms with E-state index in [1.165, 1.54) is 70.0 Å². The molecule has 1 saturated carbocycles. The lowest BCUT2D eigenvalue weighted by Crippen LogP contribution is -2.49. The molecule has 1 aliphatic heterocycles. The van der Waals surface area contributed by atoms with E-state index in [0.29, 0.717) is 0 Å². The van der Waals surface area contributed by atoms with Gasteiger partial charge in [-0.25, -0.2) is 0 Å². The Morgan fingerprint density at radius 1 is 0.905 bits per heavy atom. The molecule has 0 bridgehead atoms. The average molecular weight is 300 g/mol. The molecule has 1 aromatic carbocycles. The third-order valence-corrected chi connectivity index (χ3v) is 5.31. The fourth-order valence-corrected chi connectivity index (χ4v) is 4.25. The van der Waals surface area contributed by atoms with E-state index in [-0.39, 0.29) is 5.54 Å². The molecular weight excluding hydrogens is 276 g/mol. The number of piperidine rings is 1. The lowest BCUT2D eigenvalue weighted by atomic mass is 9.74. The number of thiocarbonyl (C=S) groups is 1. The number of nitrogens with zero attached hydrogens (tertiary/aromatic N) is 2. The number of hydrogen-bond donors (Lipinski definition) is 0. The van der Waals surface area contributed by atoms with E-state index in [0.717, 1.165) is 5.69 Å². The number of benzene rings is 1. The zero-order valence-corrected chi connectivity index (χ0v) is 13.5. The van der Waals surface area contributed by atoms with Crippen molar-refractivity contribution in [2.75, 3.05) is 13.1 Å². The summed E-state index contributed by atoms with van der Waals surface area (Å²) < 4.78 is 0. The highest BCUT2D eigenvalue weighted by molar-refractivity contribution is 7.78. The first-order valence-corrected chi connectivity index (χ1v) is 8.69. The highest BCUT2D eigenvalue weighted by atomic mass is 32.1. The van der Waals surface area contributed by atoms with Gasteiger partial charge in [-0.05, 0) is 68.7 Å². The lowest BCUT2D eigenvalue weighted by molar-refractivity contribution is 0.0303. The van der Waals surface area contributed by atoms with Crippen LogP contribution in [0.15, 0.2) is 29.3 Å². The summed E-state index contributed by atoms with van der Waals surface area (Å²) in [6.45, 7) is 2.53. The zero-order chi connectivity index (χ0) is 14.5. The van der Waals surface area contributed by atoms with Crippen LogP contribution in [0.2, 0.25) is 0 Å². The number of likely N-dealkylation sites (tertiary alicyclic amines) is 1. The van der Waals surface area contributed by atoms with Crippen LogP contribution in [0.5, 0.6) is 0 Å². The van der Waals surface area contributed by atoms with Crippen LogP contribution in [0, 0.1) is 0 Å². The van der Waals surface area contributed by atoms with Gasteiger partial charge in [0.2, 0.25) is 0 Å². The SMILES string of the molecule is S=C=Nc1ccc(C2(N3CCCCC3)CCCCC2)cc1. The Kier molecular flexibility index (Phi) is 4.84. The minimum Gasteiger partial charge on any atom is -0.294 e. The van der Waals surface area contributed by atoms with Crippen LogP contribution in [0.4, 0.5) is 5.69 Å². The zero-order valence-electron chi connectivity index (χ0n) is 12.7. The Hall–Kier alpha value is -1.02. The molecule has 112 valence electrons. The maximum atomic E-state index is 4.69. The van der Waals surface area contributed by atoms with Crippen LogP contribution >= 0.6 is 12.2 Å². The summed E-state index contributed by atoms with van der Waals surface area (Å²) in [5.41, 5.74) is 2.67. The average Bonchev–Trinajstić information content (AvgIpc) is 2.57. The van der Waals surface area contributed by atoms with Gasteiger partial charge in [0.15, 0.2) is 0 Å². The second-order valence-corrected chi connectivity index (χ2v) is 6.57. The smallest absolute Gasteiger partial charge is 0.0739 e. The fourth-order valence-electron chi connectivity index (χ4n) is 4.14. The summed E-state index contributed by atoms with van der Waals surface area (Å²) >= 11 is 4.69. The predicted octanol–water partition coefficient (Wildman–Crippen LogP) is 5.07. The summed E-state index contributed by atoms with van der Waals surface area (Å²) in [5.74, 6) is 0. The monoisotopic (exact) mass is 300 g/mol. The molecule has 2 nitrogen and oxygen atoms in total. The van der Waals surface area contributed by atoms with Gasteiger partial charge in [-0.15, -0.1) is 0 Å². The van der Waals surface area contributed by atoms with E-state index < -0.39 is 0 Å². The molecular formula is C18H24N2S. The van der Waals surface area contributed by atoms with Crippen molar-refractivity contribution in [3.63, 3.8) is 0 Å². The van der Waals surface area contributed by atoms with Crippen LogP contribution in [0.1, 0.15) is 56.9 Å². The molecule has 2 fully saturated rings. The van der Waals surface area contributed by atoms with Crippen LogP contribution in [0.3, 0.4) is 0 Å². The van der Waals surface area contributed by atoms with Crippen molar-refractivity contribution in [3.8, 4) is 0 Å². The van der Waals surface area contributed by atoms with Gasteiger partial charge in [-0.3, -0.25) is 4.90 Å². The van der Waals surface area contributed by atoms with Crippen LogP contribution in [0.25, 0.3) is 0 Å². The third-order valence-electron chi connectivity index (χ3n) is 5.22. The van der Waals surface area contributed by atoms with Gasteiger partial charge in [-0.1, -0.05) is 37.8 Å². The van der Waals surface area contributed by atoms with Gasteiger partial charge in [-0.2, -0.15) is 4.99 Å². The molecule has 0 spiro atoms. The van der Waals surface area contributed by atoms with E-state index in [2.05, 4.69) is 39.3 Å². The summed E-state index contributed by atoms with van der Waals surface area (Å²) in [4.78, 5) is 6.85.